The first-order valence-electron chi connectivity index (χ1n) is 6.27. The van der Waals surface area contributed by atoms with Crippen molar-refractivity contribution in [3.63, 3.8) is 0 Å². The van der Waals surface area contributed by atoms with Gasteiger partial charge in [-0.05, 0) is 55.2 Å². The molecule has 2 nitrogen and oxygen atoms in total. The molecule has 0 heterocycles. The van der Waals surface area contributed by atoms with Crippen molar-refractivity contribution >= 4 is 11.6 Å². The van der Waals surface area contributed by atoms with Gasteiger partial charge in [0.05, 0.1) is 11.1 Å². The molecule has 0 spiro atoms. The average molecular weight is 273 g/mol. The summed E-state index contributed by atoms with van der Waals surface area (Å²) in [6.07, 6.45) is 3.45. The number of hydrogen-bond acceptors (Lipinski definition) is 2. The topological polar surface area (TPSA) is 40.5 Å². The van der Waals surface area contributed by atoms with E-state index in [4.69, 9.17) is 11.6 Å². The lowest BCUT2D eigenvalue weighted by Crippen LogP contribution is -2.34. The fourth-order valence-electron chi connectivity index (χ4n) is 2.69. The van der Waals surface area contributed by atoms with Crippen LogP contribution in [0, 0.1) is 11.2 Å². The Morgan fingerprint density at radius 3 is 2.56 bits per heavy atom. The van der Waals surface area contributed by atoms with Crippen LogP contribution in [0.25, 0.3) is 0 Å². The Labute approximate surface area is 111 Å². The highest BCUT2D eigenvalue weighted by molar-refractivity contribution is 6.30. The third kappa shape index (κ3) is 3.02. The SMILES string of the molecule is OCC1(Cc2ccc(F)c(Cl)c2)CCC(O)CC1. The predicted molar refractivity (Wildman–Crippen MR) is 69.1 cm³/mol. The maximum absolute atomic E-state index is 13.1. The van der Waals surface area contributed by atoms with Crippen LogP contribution in [0.2, 0.25) is 5.02 Å². The molecule has 2 rings (SSSR count). The highest BCUT2D eigenvalue weighted by Crippen LogP contribution is 2.39. The molecule has 1 aliphatic carbocycles. The van der Waals surface area contributed by atoms with Gasteiger partial charge in [-0.1, -0.05) is 17.7 Å². The van der Waals surface area contributed by atoms with Gasteiger partial charge in [-0.3, -0.25) is 0 Å². The van der Waals surface area contributed by atoms with E-state index in [1.807, 2.05) is 0 Å². The van der Waals surface area contributed by atoms with Crippen LogP contribution in [0.1, 0.15) is 31.2 Å². The molecule has 1 saturated carbocycles. The van der Waals surface area contributed by atoms with Gasteiger partial charge in [0, 0.05) is 6.61 Å². The van der Waals surface area contributed by atoms with E-state index in [1.54, 1.807) is 12.1 Å². The molecule has 1 aromatic rings. The van der Waals surface area contributed by atoms with Gasteiger partial charge >= 0.3 is 0 Å². The minimum atomic E-state index is -0.419. The van der Waals surface area contributed by atoms with Crippen LogP contribution in [0.3, 0.4) is 0 Å². The lowest BCUT2D eigenvalue weighted by molar-refractivity contribution is 0.0242. The van der Waals surface area contributed by atoms with Gasteiger partial charge in [-0.15, -0.1) is 0 Å². The summed E-state index contributed by atoms with van der Waals surface area (Å²) in [6.45, 7) is 0.0920. The molecule has 1 aliphatic rings. The Bertz CT molecular complexity index is 414. The Kier molecular flexibility index (Phi) is 4.25. The summed E-state index contributed by atoms with van der Waals surface area (Å²) in [5.74, 6) is -0.419. The molecule has 0 radical (unpaired) electrons. The number of aliphatic hydroxyl groups excluding tert-OH is 2. The molecule has 0 aromatic heterocycles. The Morgan fingerprint density at radius 1 is 1.33 bits per heavy atom. The van der Waals surface area contributed by atoms with Gasteiger partial charge in [0.25, 0.3) is 0 Å². The second-order valence-corrected chi connectivity index (χ2v) is 5.72. The smallest absolute Gasteiger partial charge is 0.141 e. The Balaban J connectivity index is 2.12. The molecule has 100 valence electrons. The molecule has 0 unspecified atom stereocenters. The fraction of sp³-hybridized carbons (Fsp3) is 0.571. The van der Waals surface area contributed by atoms with Gasteiger partial charge in [0.15, 0.2) is 0 Å². The van der Waals surface area contributed by atoms with E-state index in [2.05, 4.69) is 0 Å². The lowest BCUT2D eigenvalue weighted by atomic mass is 9.70. The Morgan fingerprint density at radius 2 is 2.00 bits per heavy atom. The average Bonchev–Trinajstić information content (AvgIpc) is 2.37. The van der Waals surface area contributed by atoms with E-state index in [0.29, 0.717) is 6.42 Å². The first kappa shape index (κ1) is 13.8. The molecule has 0 aliphatic heterocycles. The number of hydrogen-bond donors (Lipinski definition) is 2. The summed E-state index contributed by atoms with van der Waals surface area (Å²) in [4.78, 5) is 0. The second kappa shape index (κ2) is 5.55. The molecule has 0 atom stereocenters. The summed E-state index contributed by atoms with van der Waals surface area (Å²) in [5.41, 5.74) is 0.743. The molecule has 4 heteroatoms. The van der Waals surface area contributed by atoms with Crippen LogP contribution >= 0.6 is 11.6 Å². The molecule has 18 heavy (non-hydrogen) atoms. The maximum Gasteiger partial charge on any atom is 0.141 e. The molecule has 1 aromatic carbocycles. The van der Waals surface area contributed by atoms with Crippen LogP contribution in [-0.4, -0.2) is 22.9 Å². The zero-order valence-corrected chi connectivity index (χ0v) is 11.0. The van der Waals surface area contributed by atoms with Gasteiger partial charge in [-0.25, -0.2) is 4.39 Å². The summed E-state index contributed by atoms with van der Waals surface area (Å²) in [5, 5.41) is 19.3. The van der Waals surface area contributed by atoms with Crippen molar-refractivity contribution in [2.75, 3.05) is 6.61 Å². The molecule has 1 fully saturated rings. The number of benzene rings is 1. The molecule has 2 N–H and O–H groups in total. The number of rotatable bonds is 3. The largest absolute Gasteiger partial charge is 0.396 e. The van der Waals surface area contributed by atoms with E-state index < -0.39 is 5.82 Å². The van der Waals surface area contributed by atoms with E-state index >= 15 is 0 Å². The normalized spacial score (nSPS) is 28.3. The van der Waals surface area contributed by atoms with E-state index in [1.165, 1.54) is 6.07 Å². The number of aliphatic hydroxyl groups is 2. The van der Waals surface area contributed by atoms with Crippen LogP contribution in [0.4, 0.5) is 4.39 Å². The minimum absolute atomic E-state index is 0.0920. The highest BCUT2D eigenvalue weighted by atomic mass is 35.5. The fourth-order valence-corrected chi connectivity index (χ4v) is 2.89. The van der Waals surface area contributed by atoms with Crippen LogP contribution in [0.15, 0.2) is 18.2 Å². The summed E-state index contributed by atoms with van der Waals surface area (Å²) >= 11 is 5.77. The zero-order chi connectivity index (χ0) is 13.2. The summed E-state index contributed by atoms with van der Waals surface area (Å²) in [6, 6.07) is 4.70. The predicted octanol–water partition coefficient (Wildman–Crippen LogP) is 2.94. The van der Waals surface area contributed by atoms with Gasteiger partial charge in [0.2, 0.25) is 0 Å². The van der Waals surface area contributed by atoms with Crippen molar-refractivity contribution < 1.29 is 14.6 Å². The quantitative estimate of drug-likeness (QED) is 0.888. The monoisotopic (exact) mass is 272 g/mol. The highest BCUT2D eigenvalue weighted by Gasteiger charge is 2.34. The van der Waals surface area contributed by atoms with Crippen molar-refractivity contribution in [2.45, 2.75) is 38.2 Å². The van der Waals surface area contributed by atoms with Crippen LogP contribution < -0.4 is 0 Å². The molecule has 0 saturated heterocycles. The van der Waals surface area contributed by atoms with Crippen LogP contribution in [-0.2, 0) is 6.42 Å². The lowest BCUT2D eigenvalue weighted by Gasteiger charge is -2.37. The minimum Gasteiger partial charge on any atom is -0.396 e. The second-order valence-electron chi connectivity index (χ2n) is 5.31. The first-order valence-corrected chi connectivity index (χ1v) is 6.65. The first-order chi connectivity index (χ1) is 8.54. The van der Waals surface area contributed by atoms with Gasteiger partial charge < -0.3 is 10.2 Å². The standard InChI is InChI=1S/C14H18ClFO2/c15-12-7-10(1-2-13(12)16)8-14(9-17)5-3-11(18)4-6-14/h1-2,7,11,17-18H,3-6,8-9H2. The maximum atomic E-state index is 13.1. The zero-order valence-electron chi connectivity index (χ0n) is 10.2. The molecular formula is C14H18ClFO2. The van der Waals surface area contributed by atoms with Crippen molar-refractivity contribution in [3.05, 3.63) is 34.6 Å². The van der Waals surface area contributed by atoms with Crippen molar-refractivity contribution in [3.8, 4) is 0 Å². The molecule has 0 amide bonds. The van der Waals surface area contributed by atoms with Crippen molar-refractivity contribution in [2.24, 2.45) is 5.41 Å². The summed E-state index contributed by atoms with van der Waals surface area (Å²) in [7, 11) is 0. The van der Waals surface area contributed by atoms with Gasteiger partial charge in [-0.2, -0.15) is 0 Å². The van der Waals surface area contributed by atoms with Gasteiger partial charge in [0.1, 0.15) is 5.82 Å². The molecule has 0 bridgehead atoms. The molecular weight excluding hydrogens is 255 g/mol. The van der Waals surface area contributed by atoms with E-state index in [9.17, 15) is 14.6 Å². The van der Waals surface area contributed by atoms with Crippen molar-refractivity contribution in [1.29, 1.82) is 0 Å². The van der Waals surface area contributed by atoms with Crippen molar-refractivity contribution in [1.82, 2.24) is 0 Å². The number of halogens is 2. The third-order valence-electron chi connectivity index (χ3n) is 3.91. The Hall–Kier alpha value is -0.640. The third-order valence-corrected chi connectivity index (χ3v) is 4.20. The van der Waals surface area contributed by atoms with E-state index in [-0.39, 0.29) is 23.1 Å². The van der Waals surface area contributed by atoms with Crippen LogP contribution in [0.5, 0.6) is 0 Å². The summed E-state index contributed by atoms with van der Waals surface area (Å²) < 4.78 is 13.1. The van der Waals surface area contributed by atoms with E-state index in [0.717, 1.165) is 31.2 Å².